The van der Waals surface area contributed by atoms with Gasteiger partial charge >= 0.3 is 0 Å². The van der Waals surface area contributed by atoms with Crippen LogP contribution in [0, 0.1) is 0 Å². The molecule has 0 atom stereocenters. The minimum Gasteiger partial charge on any atom is -0.493 e. The molecule has 0 spiro atoms. The van der Waals surface area contributed by atoms with E-state index >= 15 is 0 Å². The first-order chi connectivity index (χ1) is 10.5. The van der Waals surface area contributed by atoms with Crippen molar-refractivity contribution in [2.24, 2.45) is 0 Å². The predicted molar refractivity (Wildman–Crippen MR) is 89.4 cm³/mol. The van der Waals surface area contributed by atoms with E-state index in [2.05, 4.69) is 0 Å². The topological polar surface area (TPSA) is 35.5 Å². The number of carbonyl (C=O) groups is 1. The Balaban J connectivity index is 2.23. The van der Waals surface area contributed by atoms with Gasteiger partial charge in [0.1, 0.15) is 0 Å². The fraction of sp³-hybridized carbons (Fsp3) is 0.118. The average molecular weight is 337 g/mol. The molecule has 114 valence electrons. The minimum atomic E-state index is -0.160. The van der Waals surface area contributed by atoms with Crippen LogP contribution in [0.4, 0.5) is 0 Å². The number of rotatable bonds is 5. The highest BCUT2D eigenvalue weighted by Crippen LogP contribution is 2.28. The lowest BCUT2D eigenvalue weighted by Crippen LogP contribution is -1.97. The van der Waals surface area contributed by atoms with Crippen LogP contribution in [-0.4, -0.2) is 20.0 Å². The first-order valence-corrected chi connectivity index (χ1v) is 7.20. The summed E-state index contributed by atoms with van der Waals surface area (Å²) in [6, 6.07) is 10.1. The van der Waals surface area contributed by atoms with Crippen LogP contribution in [0.25, 0.3) is 6.08 Å². The van der Waals surface area contributed by atoms with E-state index in [1.807, 2.05) is 0 Å². The monoisotopic (exact) mass is 336 g/mol. The Morgan fingerprint density at radius 1 is 1.00 bits per heavy atom. The third kappa shape index (κ3) is 3.81. The number of ketones is 1. The van der Waals surface area contributed by atoms with Crippen LogP contribution in [-0.2, 0) is 0 Å². The first kappa shape index (κ1) is 16.4. The number of halogens is 2. The molecule has 0 fully saturated rings. The van der Waals surface area contributed by atoms with E-state index in [0.717, 1.165) is 5.56 Å². The fourth-order valence-electron chi connectivity index (χ4n) is 1.89. The van der Waals surface area contributed by atoms with Crippen LogP contribution in [0.2, 0.25) is 10.0 Å². The molecule has 0 radical (unpaired) electrons. The Morgan fingerprint density at radius 3 is 2.36 bits per heavy atom. The Bertz CT molecular complexity index is 724. The third-order valence-corrected chi connectivity index (χ3v) is 3.61. The normalized spacial score (nSPS) is 10.7. The second-order valence-electron chi connectivity index (χ2n) is 4.43. The molecule has 0 N–H and O–H groups in total. The molecule has 5 heteroatoms. The zero-order chi connectivity index (χ0) is 16.1. The highest BCUT2D eigenvalue weighted by molar-refractivity contribution is 6.35. The summed E-state index contributed by atoms with van der Waals surface area (Å²) < 4.78 is 10.3. The van der Waals surface area contributed by atoms with E-state index in [-0.39, 0.29) is 5.78 Å². The van der Waals surface area contributed by atoms with Crippen LogP contribution in [0.3, 0.4) is 0 Å². The molecular formula is C17H14Cl2O3. The van der Waals surface area contributed by atoms with Crippen molar-refractivity contribution < 1.29 is 14.3 Å². The van der Waals surface area contributed by atoms with Crippen molar-refractivity contribution in [3.8, 4) is 11.5 Å². The molecule has 0 saturated heterocycles. The summed E-state index contributed by atoms with van der Waals surface area (Å²) in [6.07, 6.45) is 3.11. The number of ether oxygens (including phenoxy) is 2. The van der Waals surface area contributed by atoms with Crippen LogP contribution in [0.1, 0.15) is 15.9 Å². The molecule has 2 rings (SSSR count). The van der Waals surface area contributed by atoms with Crippen LogP contribution < -0.4 is 9.47 Å². The van der Waals surface area contributed by atoms with Gasteiger partial charge in [-0.1, -0.05) is 29.3 Å². The summed E-state index contributed by atoms with van der Waals surface area (Å²) in [5.74, 6) is 0.919. The van der Waals surface area contributed by atoms with Gasteiger partial charge in [-0.3, -0.25) is 4.79 Å². The van der Waals surface area contributed by atoms with E-state index in [9.17, 15) is 4.79 Å². The Hall–Kier alpha value is -1.97. The number of methoxy groups -OCH3 is 2. The van der Waals surface area contributed by atoms with Crippen molar-refractivity contribution in [3.05, 3.63) is 63.6 Å². The number of allylic oxidation sites excluding steroid dienone is 1. The molecular weight excluding hydrogens is 323 g/mol. The Labute approximate surface area is 139 Å². The van der Waals surface area contributed by atoms with E-state index in [1.165, 1.54) is 13.2 Å². The summed E-state index contributed by atoms with van der Waals surface area (Å²) >= 11 is 11.9. The van der Waals surface area contributed by atoms with Crippen LogP contribution >= 0.6 is 23.2 Å². The van der Waals surface area contributed by atoms with E-state index in [1.54, 1.807) is 49.6 Å². The van der Waals surface area contributed by atoms with E-state index < -0.39 is 0 Å². The maximum absolute atomic E-state index is 12.2. The average Bonchev–Trinajstić information content (AvgIpc) is 2.53. The Morgan fingerprint density at radius 2 is 1.73 bits per heavy atom. The highest BCUT2D eigenvalue weighted by Gasteiger charge is 2.08. The standard InChI is InChI=1S/C17H14Cl2O3/c1-21-16-8-5-12(9-17(16)22-2)15(20)7-4-11-3-6-13(18)10-14(11)19/h3-10H,1-2H3/b7-4+. The zero-order valence-corrected chi connectivity index (χ0v) is 13.6. The third-order valence-electron chi connectivity index (χ3n) is 3.04. The van der Waals surface area contributed by atoms with Gasteiger partial charge in [-0.25, -0.2) is 0 Å². The van der Waals surface area contributed by atoms with Gasteiger partial charge in [-0.15, -0.1) is 0 Å². The summed E-state index contributed by atoms with van der Waals surface area (Å²) in [4.78, 5) is 12.2. The molecule has 2 aromatic rings. The van der Waals surface area contributed by atoms with Crippen molar-refractivity contribution in [1.29, 1.82) is 0 Å². The molecule has 0 aliphatic heterocycles. The van der Waals surface area contributed by atoms with Crippen molar-refractivity contribution in [3.63, 3.8) is 0 Å². The minimum absolute atomic E-state index is 0.160. The zero-order valence-electron chi connectivity index (χ0n) is 12.1. The largest absolute Gasteiger partial charge is 0.493 e. The molecule has 22 heavy (non-hydrogen) atoms. The van der Waals surface area contributed by atoms with Crippen LogP contribution in [0.5, 0.6) is 11.5 Å². The van der Waals surface area contributed by atoms with Gasteiger partial charge in [0, 0.05) is 15.6 Å². The molecule has 0 unspecified atom stereocenters. The molecule has 0 bridgehead atoms. The first-order valence-electron chi connectivity index (χ1n) is 6.44. The molecule has 2 aromatic carbocycles. The van der Waals surface area contributed by atoms with Gasteiger partial charge in [0.15, 0.2) is 17.3 Å². The molecule has 0 amide bonds. The number of benzene rings is 2. The van der Waals surface area contributed by atoms with Gasteiger partial charge in [0.2, 0.25) is 0 Å². The smallest absolute Gasteiger partial charge is 0.185 e. The molecule has 0 heterocycles. The second kappa shape index (κ2) is 7.34. The van der Waals surface area contributed by atoms with Gasteiger partial charge in [-0.05, 0) is 48.0 Å². The van der Waals surface area contributed by atoms with Crippen LogP contribution in [0.15, 0.2) is 42.5 Å². The lowest BCUT2D eigenvalue weighted by atomic mass is 10.1. The fourth-order valence-corrected chi connectivity index (χ4v) is 2.36. The summed E-state index contributed by atoms with van der Waals surface area (Å²) in [5, 5.41) is 1.04. The molecule has 3 nitrogen and oxygen atoms in total. The quantitative estimate of drug-likeness (QED) is 0.575. The lowest BCUT2D eigenvalue weighted by Gasteiger charge is -2.08. The van der Waals surface area contributed by atoms with Gasteiger partial charge in [0.25, 0.3) is 0 Å². The maximum atomic E-state index is 12.2. The van der Waals surface area contributed by atoms with Crippen molar-refractivity contribution >= 4 is 35.1 Å². The Kier molecular flexibility index (Phi) is 5.47. The van der Waals surface area contributed by atoms with E-state index in [0.29, 0.717) is 27.1 Å². The van der Waals surface area contributed by atoms with Gasteiger partial charge in [0.05, 0.1) is 14.2 Å². The van der Waals surface area contributed by atoms with E-state index in [4.69, 9.17) is 32.7 Å². The summed E-state index contributed by atoms with van der Waals surface area (Å²) in [7, 11) is 3.07. The predicted octanol–water partition coefficient (Wildman–Crippen LogP) is 4.91. The summed E-state index contributed by atoms with van der Waals surface area (Å²) in [6.45, 7) is 0. The number of carbonyl (C=O) groups excluding carboxylic acids is 1. The molecule has 0 aliphatic carbocycles. The maximum Gasteiger partial charge on any atom is 0.185 e. The number of hydrogen-bond acceptors (Lipinski definition) is 3. The highest BCUT2D eigenvalue weighted by atomic mass is 35.5. The molecule has 0 aromatic heterocycles. The van der Waals surface area contributed by atoms with Gasteiger partial charge in [-0.2, -0.15) is 0 Å². The van der Waals surface area contributed by atoms with Crippen molar-refractivity contribution in [2.75, 3.05) is 14.2 Å². The SMILES string of the molecule is COc1ccc(C(=O)/C=C/c2ccc(Cl)cc2Cl)cc1OC. The van der Waals surface area contributed by atoms with Crippen molar-refractivity contribution in [1.82, 2.24) is 0 Å². The molecule has 0 aliphatic rings. The second-order valence-corrected chi connectivity index (χ2v) is 5.28. The van der Waals surface area contributed by atoms with Crippen molar-refractivity contribution in [2.45, 2.75) is 0 Å². The number of hydrogen-bond donors (Lipinski definition) is 0. The summed E-state index contributed by atoms with van der Waals surface area (Å²) in [5.41, 5.74) is 1.22. The van der Waals surface area contributed by atoms with Gasteiger partial charge < -0.3 is 9.47 Å². The lowest BCUT2D eigenvalue weighted by molar-refractivity contribution is 0.104. The molecule has 0 saturated carbocycles.